The topological polar surface area (TPSA) is 36.1 Å². The Bertz CT molecular complexity index is 674. The van der Waals surface area contributed by atoms with Crippen molar-refractivity contribution in [2.75, 3.05) is 0 Å². The first-order chi connectivity index (χ1) is 8.76. The van der Waals surface area contributed by atoms with E-state index >= 15 is 0 Å². The molecular weight excluding hydrogens is 244 g/mol. The molecule has 0 spiro atoms. The predicted molar refractivity (Wildman–Crippen MR) is 72.7 cm³/mol. The quantitative estimate of drug-likeness (QED) is 0.753. The van der Waals surface area contributed by atoms with Gasteiger partial charge in [-0.1, -0.05) is 42.0 Å². The van der Waals surface area contributed by atoms with Gasteiger partial charge in [0.2, 0.25) is 0 Å². The Morgan fingerprint density at radius 2 is 2.17 bits per heavy atom. The molecule has 1 heterocycles. The van der Waals surface area contributed by atoms with Crippen LogP contribution in [0.3, 0.4) is 0 Å². The number of rotatable bonds is 1. The van der Waals surface area contributed by atoms with Crippen LogP contribution in [0.1, 0.15) is 11.1 Å². The molecule has 0 fully saturated rings. The molecule has 1 aliphatic heterocycles. The Hall–Kier alpha value is -2.11. The van der Waals surface area contributed by atoms with Crippen molar-refractivity contribution in [1.29, 1.82) is 5.26 Å². The molecule has 1 aliphatic carbocycles. The average molecular weight is 253 g/mol. The minimum atomic E-state index is -0.375. The normalized spacial score (nSPS) is 23.7. The maximum atomic E-state index is 8.88. The number of fused-ring (bicyclic) bond motifs is 1. The Labute approximate surface area is 110 Å². The van der Waals surface area contributed by atoms with E-state index in [0.717, 1.165) is 11.1 Å². The summed E-state index contributed by atoms with van der Waals surface area (Å²) < 4.78 is 0. The molecule has 1 unspecified atom stereocenters. The first-order valence-electron chi connectivity index (χ1n) is 5.57. The Balaban J connectivity index is 2.19. The van der Waals surface area contributed by atoms with Crippen LogP contribution < -0.4 is 0 Å². The summed E-state index contributed by atoms with van der Waals surface area (Å²) >= 11 is 6.30. The van der Waals surface area contributed by atoms with Gasteiger partial charge in [0, 0.05) is 17.4 Å². The lowest BCUT2D eigenvalue weighted by molar-refractivity contribution is 0.897. The van der Waals surface area contributed by atoms with Gasteiger partial charge in [0.05, 0.1) is 17.0 Å². The third-order valence-corrected chi connectivity index (χ3v) is 3.57. The number of aliphatic imine (C=N–C) groups is 1. The summed E-state index contributed by atoms with van der Waals surface area (Å²) in [5.41, 5.74) is 2.24. The number of hydrogen-bond donors (Lipinski definition) is 0. The van der Waals surface area contributed by atoms with Crippen molar-refractivity contribution in [3.05, 3.63) is 70.4 Å². The van der Waals surface area contributed by atoms with E-state index in [2.05, 4.69) is 17.1 Å². The van der Waals surface area contributed by atoms with Gasteiger partial charge in [-0.3, -0.25) is 4.99 Å². The Morgan fingerprint density at radius 1 is 1.28 bits per heavy atom. The number of halogens is 1. The van der Waals surface area contributed by atoms with Crippen LogP contribution in [0.15, 0.2) is 59.3 Å². The van der Waals surface area contributed by atoms with E-state index in [0.29, 0.717) is 10.6 Å². The van der Waals surface area contributed by atoms with Crippen LogP contribution >= 0.6 is 11.6 Å². The zero-order valence-corrected chi connectivity index (χ0v) is 10.2. The van der Waals surface area contributed by atoms with E-state index in [1.54, 1.807) is 12.1 Å². The summed E-state index contributed by atoms with van der Waals surface area (Å²) in [6.07, 6.45) is 11.8. The second-order valence-electron chi connectivity index (χ2n) is 4.26. The summed E-state index contributed by atoms with van der Waals surface area (Å²) in [4.78, 5) is 4.25. The largest absolute Gasteiger partial charge is 0.267 e. The van der Waals surface area contributed by atoms with Crippen molar-refractivity contribution in [2.45, 2.75) is 5.41 Å². The molecule has 1 aromatic carbocycles. The molecule has 0 N–H and O–H groups in total. The van der Waals surface area contributed by atoms with Crippen LogP contribution in [-0.4, -0.2) is 6.21 Å². The van der Waals surface area contributed by atoms with Crippen molar-refractivity contribution in [1.82, 2.24) is 0 Å². The molecule has 86 valence electrons. The number of hydrogen-bond acceptors (Lipinski definition) is 2. The fourth-order valence-electron chi connectivity index (χ4n) is 2.34. The van der Waals surface area contributed by atoms with Crippen molar-refractivity contribution < 1.29 is 0 Å². The molecule has 0 saturated heterocycles. The van der Waals surface area contributed by atoms with E-state index in [1.807, 2.05) is 36.7 Å². The Kier molecular flexibility index (Phi) is 2.43. The lowest BCUT2D eigenvalue weighted by Crippen LogP contribution is -2.26. The molecule has 0 saturated carbocycles. The SMILES string of the molecule is N#Cc1ccc(C23C=CC=CC2=CN=C3)c(Cl)c1. The number of nitriles is 1. The molecule has 0 aromatic heterocycles. The van der Waals surface area contributed by atoms with E-state index < -0.39 is 0 Å². The molecule has 2 aliphatic rings. The fourth-order valence-corrected chi connectivity index (χ4v) is 2.68. The third-order valence-electron chi connectivity index (χ3n) is 3.26. The zero-order chi connectivity index (χ0) is 12.6. The van der Waals surface area contributed by atoms with Gasteiger partial charge < -0.3 is 0 Å². The molecule has 0 radical (unpaired) electrons. The van der Waals surface area contributed by atoms with Gasteiger partial charge in [-0.05, 0) is 23.3 Å². The molecule has 3 rings (SSSR count). The maximum Gasteiger partial charge on any atom is 0.0992 e. The van der Waals surface area contributed by atoms with E-state index in [1.165, 1.54) is 0 Å². The summed E-state index contributed by atoms with van der Waals surface area (Å²) in [5, 5.41) is 9.47. The molecule has 2 nitrogen and oxygen atoms in total. The van der Waals surface area contributed by atoms with Gasteiger partial charge in [-0.25, -0.2) is 0 Å². The summed E-state index contributed by atoms with van der Waals surface area (Å²) in [7, 11) is 0. The highest BCUT2D eigenvalue weighted by atomic mass is 35.5. The molecule has 1 atom stereocenters. The van der Waals surface area contributed by atoms with Crippen LogP contribution in [0.25, 0.3) is 0 Å². The lowest BCUT2D eigenvalue weighted by atomic mass is 9.74. The van der Waals surface area contributed by atoms with Crippen LogP contribution in [0.5, 0.6) is 0 Å². The standard InChI is InChI=1S/C15H9ClN2/c16-14-7-11(8-17)4-5-13(14)15-6-2-1-3-12(15)9-18-10-15/h1-7,9-10H. The van der Waals surface area contributed by atoms with Crippen molar-refractivity contribution >= 4 is 17.8 Å². The zero-order valence-electron chi connectivity index (χ0n) is 9.47. The second kappa shape index (κ2) is 3.97. The van der Waals surface area contributed by atoms with Gasteiger partial charge in [0.1, 0.15) is 0 Å². The number of benzene rings is 1. The maximum absolute atomic E-state index is 8.88. The monoisotopic (exact) mass is 252 g/mol. The lowest BCUT2D eigenvalue weighted by Gasteiger charge is -2.28. The Morgan fingerprint density at radius 3 is 2.94 bits per heavy atom. The molecule has 18 heavy (non-hydrogen) atoms. The van der Waals surface area contributed by atoms with Crippen LogP contribution in [-0.2, 0) is 5.41 Å². The van der Waals surface area contributed by atoms with Gasteiger partial charge in [-0.15, -0.1) is 0 Å². The first-order valence-corrected chi connectivity index (χ1v) is 5.95. The minimum Gasteiger partial charge on any atom is -0.267 e. The van der Waals surface area contributed by atoms with E-state index in [9.17, 15) is 0 Å². The average Bonchev–Trinajstić information content (AvgIpc) is 2.83. The van der Waals surface area contributed by atoms with Gasteiger partial charge in [0.25, 0.3) is 0 Å². The molecular formula is C15H9ClN2. The highest BCUT2D eigenvalue weighted by Gasteiger charge is 2.36. The predicted octanol–water partition coefficient (Wildman–Crippen LogP) is 3.54. The van der Waals surface area contributed by atoms with Crippen LogP contribution in [0.4, 0.5) is 0 Å². The minimum absolute atomic E-state index is 0.375. The number of allylic oxidation sites excluding steroid dienone is 5. The van der Waals surface area contributed by atoms with Crippen LogP contribution in [0.2, 0.25) is 5.02 Å². The fraction of sp³-hybridized carbons (Fsp3) is 0.0667. The molecule has 1 aromatic rings. The molecule has 0 bridgehead atoms. The molecule has 0 amide bonds. The summed E-state index contributed by atoms with van der Waals surface area (Å²) in [6, 6.07) is 7.47. The smallest absolute Gasteiger partial charge is 0.0992 e. The second-order valence-corrected chi connectivity index (χ2v) is 4.66. The highest BCUT2D eigenvalue weighted by molar-refractivity contribution is 6.32. The van der Waals surface area contributed by atoms with Crippen LogP contribution in [0, 0.1) is 11.3 Å². The van der Waals surface area contributed by atoms with Crippen molar-refractivity contribution in [3.8, 4) is 6.07 Å². The van der Waals surface area contributed by atoms with Gasteiger partial charge >= 0.3 is 0 Å². The number of nitrogens with zero attached hydrogens (tertiary/aromatic N) is 2. The van der Waals surface area contributed by atoms with Crippen molar-refractivity contribution in [2.24, 2.45) is 4.99 Å². The van der Waals surface area contributed by atoms with Gasteiger partial charge in [-0.2, -0.15) is 5.26 Å². The third kappa shape index (κ3) is 1.45. The van der Waals surface area contributed by atoms with E-state index in [4.69, 9.17) is 16.9 Å². The first kappa shape index (κ1) is 11.0. The van der Waals surface area contributed by atoms with Crippen molar-refractivity contribution in [3.63, 3.8) is 0 Å². The molecule has 3 heteroatoms. The highest BCUT2D eigenvalue weighted by Crippen LogP contribution is 2.41. The summed E-state index contributed by atoms with van der Waals surface area (Å²) in [5.74, 6) is 0. The van der Waals surface area contributed by atoms with E-state index in [-0.39, 0.29) is 5.41 Å². The summed E-state index contributed by atoms with van der Waals surface area (Å²) in [6.45, 7) is 0. The van der Waals surface area contributed by atoms with Gasteiger partial charge in [0.15, 0.2) is 0 Å².